The van der Waals surface area contributed by atoms with E-state index in [-0.39, 0.29) is 5.56 Å². The maximum absolute atomic E-state index is 11.2. The van der Waals surface area contributed by atoms with E-state index in [1.807, 2.05) is 66.9 Å². The van der Waals surface area contributed by atoms with E-state index >= 15 is 0 Å². The van der Waals surface area contributed by atoms with Gasteiger partial charge in [0.1, 0.15) is 5.69 Å². The number of carboxylic acids is 1. The normalized spacial score (nSPS) is 10.9. The maximum Gasteiger partial charge on any atom is 0.102 e. The largest absolute Gasteiger partial charge is 0.545 e. The molecule has 0 saturated carbocycles. The first-order valence-electron chi connectivity index (χ1n) is 9.02. The maximum atomic E-state index is 11.2. The average molecular weight is 381 g/mol. The lowest BCUT2D eigenvalue weighted by Gasteiger charge is -2.08. The summed E-state index contributed by atoms with van der Waals surface area (Å²) in [5.74, 6) is -1.26. The van der Waals surface area contributed by atoms with Gasteiger partial charge in [-0.25, -0.2) is 4.68 Å². The molecule has 4 aromatic rings. The third-order valence-corrected chi connectivity index (χ3v) is 4.35. The van der Waals surface area contributed by atoms with Crippen molar-refractivity contribution < 1.29 is 9.90 Å². The van der Waals surface area contributed by atoms with E-state index in [0.717, 1.165) is 22.5 Å². The number of hydrazone groups is 1. The average Bonchev–Trinajstić information content (AvgIpc) is 3.19. The summed E-state index contributed by atoms with van der Waals surface area (Å²) in [4.78, 5) is 11.2. The van der Waals surface area contributed by atoms with Gasteiger partial charge in [0.2, 0.25) is 0 Å². The van der Waals surface area contributed by atoms with Crippen LogP contribution < -0.4 is 10.5 Å². The van der Waals surface area contributed by atoms with Gasteiger partial charge in [-0.2, -0.15) is 10.2 Å². The minimum absolute atomic E-state index is 0.0490. The van der Waals surface area contributed by atoms with Gasteiger partial charge >= 0.3 is 0 Å². The lowest BCUT2D eigenvalue weighted by molar-refractivity contribution is -0.254. The first-order chi connectivity index (χ1) is 14.2. The summed E-state index contributed by atoms with van der Waals surface area (Å²) in [6, 6.07) is 26.1. The fraction of sp³-hybridized carbons (Fsp3) is 0. The highest BCUT2D eigenvalue weighted by molar-refractivity contribution is 5.93. The van der Waals surface area contributed by atoms with E-state index < -0.39 is 5.97 Å². The summed E-state index contributed by atoms with van der Waals surface area (Å²) in [7, 11) is 0. The van der Waals surface area contributed by atoms with E-state index in [4.69, 9.17) is 5.10 Å². The number of carboxylic acid groups (broad SMARTS) is 1. The van der Waals surface area contributed by atoms with Gasteiger partial charge < -0.3 is 9.90 Å². The van der Waals surface area contributed by atoms with Crippen LogP contribution in [0.1, 0.15) is 15.9 Å². The molecule has 1 heterocycles. The Morgan fingerprint density at radius 1 is 0.931 bits per heavy atom. The Hall–Kier alpha value is -4.19. The van der Waals surface area contributed by atoms with Crippen LogP contribution in [0.2, 0.25) is 0 Å². The molecule has 1 aromatic heterocycles. The number of aromatic nitrogens is 2. The molecule has 0 fully saturated rings. The van der Waals surface area contributed by atoms with Crippen LogP contribution in [0.25, 0.3) is 16.9 Å². The first-order valence-corrected chi connectivity index (χ1v) is 9.02. The zero-order valence-corrected chi connectivity index (χ0v) is 15.4. The molecule has 0 amide bonds. The number of aromatic carboxylic acids is 1. The molecule has 142 valence electrons. The molecule has 0 atom stereocenters. The molecule has 0 aliphatic heterocycles. The molecule has 3 aromatic carbocycles. The minimum atomic E-state index is -1.26. The summed E-state index contributed by atoms with van der Waals surface area (Å²) in [6.45, 7) is 0. The van der Waals surface area contributed by atoms with Crippen molar-refractivity contribution in [3.8, 4) is 16.9 Å². The fourth-order valence-corrected chi connectivity index (χ4v) is 2.95. The minimum Gasteiger partial charge on any atom is -0.545 e. The van der Waals surface area contributed by atoms with Gasteiger partial charge in [0, 0.05) is 22.9 Å². The van der Waals surface area contributed by atoms with Crippen molar-refractivity contribution in [1.82, 2.24) is 9.78 Å². The van der Waals surface area contributed by atoms with Crippen LogP contribution in [0.4, 0.5) is 5.69 Å². The van der Waals surface area contributed by atoms with Gasteiger partial charge in [-0.1, -0.05) is 66.7 Å². The van der Waals surface area contributed by atoms with Crippen LogP contribution >= 0.6 is 0 Å². The number of nitrogens with zero attached hydrogens (tertiary/aromatic N) is 3. The number of hydrogen-bond acceptors (Lipinski definition) is 5. The summed E-state index contributed by atoms with van der Waals surface area (Å²) in [6.07, 6.45) is 3.51. The Morgan fingerprint density at radius 2 is 1.59 bits per heavy atom. The number of carbonyl (C=O) groups excluding carboxylic acids is 1. The van der Waals surface area contributed by atoms with E-state index in [2.05, 4.69) is 10.5 Å². The number of para-hydroxylation sites is 2. The van der Waals surface area contributed by atoms with Crippen LogP contribution in [0.5, 0.6) is 0 Å². The van der Waals surface area contributed by atoms with E-state index in [1.54, 1.807) is 29.1 Å². The molecule has 0 aliphatic carbocycles. The zero-order valence-electron chi connectivity index (χ0n) is 15.4. The highest BCUT2D eigenvalue weighted by Gasteiger charge is 2.11. The van der Waals surface area contributed by atoms with Crippen molar-refractivity contribution in [3.05, 3.63) is 102 Å². The lowest BCUT2D eigenvalue weighted by Crippen LogP contribution is -2.23. The molecular formula is C23H17N4O2-. The second-order valence-electron chi connectivity index (χ2n) is 6.28. The Kier molecular flexibility index (Phi) is 5.16. The molecule has 0 aliphatic rings. The van der Waals surface area contributed by atoms with Crippen LogP contribution in [0, 0.1) is 0 Å². The number of nitrogens with one attached hydrogen (secondary N) is 1. The highest BCUT2D eigenvalue weighted by atomic mass is 16.4. The van der Waals surface area contributed by atoms with Crippen LogP contribution in [-0.2, 0) is 0 Å². The number of benzene rings is 3. The Bertz CT molecular complexity index is 1150. The van der Waals surface area contributed by atoms with Crippen molar-refractivity contribution in [2.45, 2.75) is 0 Å². The zero-order chi connectivity index (χ0) is 20.1. The van der Waals surface area contributed by atoms with Crippen molar-refractivity contribution in [2.75, 3.05) is 5.43 Å². The Morgan fingerprint density at radius 3 is 2.31 bits per heavy atom. The Balaban J connectivity index is 1.68. The molecule has 0 spiro atoms. The van der Waals surface area contributed by atoms with Crippen molar-refractivity contribution in [1.29, 1.82) is 0 Å². The fourth-order valence-electron chi connectivity index (χ4n) is 2.95. The number of rotatable bonds is 6. The third-order valence-electron chi connectivity index (χ3n) is 4.35. The molecule has 1 N–H and O–H groups in total. The monoisotopic (exact) mass is 381 g/mol. The molecule has 6 nitrogen and oxygen atoms in total. The predicted molar refractivity (Wildman–Crippen MR) is 111 cm³/mol. The lowest BCUT2D eigenvalue weighted by atomic mass is 10.1. The molecule has 0 saturated heterocycles. The summed E-state index contributed by atoms with van der Waals surface area (Å²) < 4.78 is 1.79. The van der Waals surface area contributed by atoms with Crippen molar-refractivity contribution in [3.63, 3.8) is 0 Å². The SMILES string of the molecule is O=C([O-])c1ccccc1N/N=C\c1cn(-c2ccccc2)nc1-c1ccccc1. The van der Waals surface area contributed by atoms with Crippen LogP contribution in [-0.4, -0.2) is 22.0 Å². The van der Waals surface area contributed by atoms with Gasteiger partial charge in [-0.05, 0) is 18.2 Å². The molecule has 0 bridgehead atoms. The van der Waals surface area contributed by atoms with Gasteiger partial charge in [0.25, 0.3) is 0 Å². The van der Waals surface area contributed by atoms with Crippen LogP contribution in [0.15, 0.2) is 96.2 Å². The smallest absolute Gasteiger partial charge is 0.102 e. The second-order valence-corrected chi connectivity index (χ2v) is 6.28. The molecule has 6 heteroatoms. The predicted octanol–water partition coefficient (Wildman–Crippen LogP) is 3.35. The highest BCUT2D eigenvalue weighted by Crippen LogP contribution is 2.22. The second kappa shape index (κ2) is 8.22. The quantitative estimate of drug-likeness (QED) is 0.410. The molecule has 4 rings (SSSR count). The van der Waals surface area contributed by atoms with E-state index in [0.29, 0.717) is 5.69 Å². The van der Waals surface area contributed by atoms with Crippen molar-refractivity contribution in [2.24, 2.45) is 5.10 Å². The molecular weight excluding hydrogens is 364 g/mol. The number of carbonyl (C=O) groups is 1. The van der Waals surface area contributed by atoms with Gasteiger partial charge in [0.05, 0.1) is 23.6 Å². The standard InChI is InChI=1S/C23H18N4O2/c28-23(29)20-13-7-8-14-21(20)25-24-15-18-16-27(19-11-5-2-6-12-19)26-22(18)17-9-3-1-4-10-17/h1-16,25H,(H,28,29)/p-1/b24-15-. The third kappa shape index (κ3) is 4.06. The van der Waals surface area contributed by atoms with Crippen LogP contribution in [0.3, 0.4) is 0 Å². The number of anilines is 1. The van der Waals surface area contributed by atoms with E-state index in [1.165, 1.54) is 6.07 Å². The molecule has 0 unspecified atom stereocenters. The first kappa shape index (κ1) is 18.2. The Labute approximate surface area is 167 Å². The number of hydrogen-bond donors (Lipinski definition) is 1. The van der Waals surface area contributed by atoms with E-state index in [9.17, 15) is 9.90 Å². The van der Waals surface area contributed by atoms with Gasteiger partial charge in [-0.15, -0.1) is 0 Å². The summed E-state index contributed by atoms with van der Waals surface area (Å²) in [5.41, 5.74) is 6.64. The summed E-state index contributed by atoms with van der Waals surface area (Å²) >= 11 is 0. The molecule has 29 heavy (non-hydrogen) atoms. The van der Waals surface area contributed by atoms with Gasteiger partial charge in [0.15, 0.2) is 0 Å². The van der Waals surface area contributed by atoms with Crippen molar-refractivity contribution >= 4 is 17.9 Å². The van der Waals surface area contributed by atoms with Gasteiger partial charge in [-0.3, -0.25) is 5.43 Å². The topological polar surface area (TPSA) is 82.3 Å². The summed E-state index contributed by atoms with van der Waals surface area (Å²) in [5, 5.41) is 20.2. The molecule has 0 radical (unpaired) electrons.